The van der Waals surface area contributed by atoms with Gasteiger partial charge in [-0.05, 0) is 12.1 Å². The van der Waals surface area contributed by atoms with Crippen LogP contribution in [0.2, 0.25) is 0 Å². The lowest BCUT2D eigenvalue weighted by atomic mass is 10.4. The third-order valence-electron chi connectivity index (χ3n) is 1.58. The highest BCUT2D eigenvalue weighted by Crippen LogP contribution is 2.11. The zero-order chi connectivity index (χ0) is 9.90. The Morgan fingerprint density at radius 3 is 2.31 bits per heavy atom. The van der Waals surface area contributed by atoms with Crippen LogP contribution in [0.15, 0.2) is 35.2 Å². The lowest BCUT2D eigenvalue weighted by Gasteiger charge is -2.10. The first kappa shape index (κ1) is 9.62. The molecule has 0 aliphatic heterocycles. The van der Waals surface area contributed by atoms with Crippen molar-refractivity contribution in [3.63, 3.8) is 0 Å². The Morgan fingerprint density at radius 1 is 1.31 bits per heavy atom. The van der Waals surface area contributed by atoms with Crippen LogP contribution in [0.3, 0.4) is 0 Å². The van der Waals surface area contributed by atoms with E-state index in [-0.39, 0.29) is 4.90 Å². The fourth-order valence-corrected chi connectivity index (χ4v) is 1.78. The molecule has 68 valence electrons. The first-order valence-corrected chi connectivity index (χ1v) is 5.03. The van der Waals surface area contributed by atoms with Crippen LogP contribution in [0.4, 0.5) is 0 Å². The first-order valence-electron chi connectivity index (χ1n) is 3.59. The molecule has 0 heterocycles. The molecule has 4 heteroatoms. The molecule has 0 aromatic heterocycles. The molecule has 0 saturated heterocycles. The number of sulfonamides is 1. The molecule has 13 heavy (non-hydrogen) atoms. The molecule has 0 fully saturated rings. The highest BCUT2D eigenvalue weighted by molar-refractivity contribution is 7.89. The molecule has 0 aliphatic rings. The van der Waals surface area contributed by atoms with Crippen molar-refractivity contribution in [3.05, 3.63) is 30.3 Å². The van der Waals surface area contributed by atoms with Gasteiger partial charge in [0.15, 0.2) is 0 Å². The Balaban J connectivity index is 3.19. The van der Waals surface area contributed by atoms with Crippen molar-refractivity contribution in [2.24, 2.45) is 0 Å². The number of terminal acetylenes is 1. The molecule has 1 aromatic carbocycles. The van der Waals surface area contributed by atoms with Gasteiger partial charge < -0.3 is 0 Å². The fourth-order valence-electron chi connectivity index (χ4n) is 0.820. The maximum Gasteiger partial charge on any atom is 0.270 e. The maximum absolute atomic E-state index is 11.5. The van der Waals surface area contributed by atoms with Gasteiger partial charge >= 0.3 is 0 Å². The molecular formula is C9H9NO2S. The Morgan fingerprint density at radius 2 is 1.85 bits per heavy atom. The highest BCUT2D eigenvalue weighted by Gasteiger charge is 2.16. The van der Waals surface area contributed by atoms with Gasteiger partial charge in [0, 0.05) is 13.1 Å². The molecule has 0 saturated carbocycles. The predicted molar refractivity (Wildman–Crippen MR) is 50.2 cm³/mol. The van der Waals surface area contributed by atoms with Gasteiger partial charge in [0.25, 0.3) is 10.0 Å². The molecule has 0 N–H and O–H groups in total. The largest absolute Gasteiger partial charge is 0.270 e. The minimum absolute atomic E-state index is 0.204. The third-order valence-corrected chi connectivity index (χ3v) is 3.28. The van der Waals surface area contributed by atoms with E-state index in [1.165, 1.54) is 19.2 Å². The normalized spacial score (nSPS) is 10.5. The van der Waals surface area contributed by atoms with Crippen molar-refractivity contribution < 1.29 is 8.42 Å². The van der Waals surface area contributed by atoms with Gasteiger partial charge in [-0.1, -0.05) is 24.6 Å². The van der Waals surface area contributed by atoms with Gasteiger partial charge in [0.05, 0.1) is 4.90 Å². The molecule has 3 nitrogen and oxygen atoms in total. The van der Waals surface area contributed by atoms with E-state index in [0.29, 0.717) is 0 Å². The van der Waals surface area contributed by atoms with Crippen molar-refractivity contribution in [3.8, 4) is 12.5 Å². The van der Waals surface area contributed by atoms with Crippen molar-refractivity contribution in [1.82, 2.24) is 4.31 Å². The molecule has 0 aliphatic carbocycles. The summed E-state index contributed by atoms with van der Waals surface area (Å²) < 4.78 is 23.9. The van der Waals surface area contributed by atoms with Gasteiger partial charge in [-0.15, -0.1) is 0 Å². The summed E-state index contributed by atoms with van der Waals surface area (Å²) in [5, 5.41) is 0. The fraction of sp³-hybridized carbons (Fsp3) is 0.111. The number of nitrogens with zero attached hydrogens (tertiary/aromatic N) is 1. The second kappa shape index (κ2) is 3.50. The Bertz CT molecular complexity index is 417. The Kier molecular flexibility index (Phi) is 2.59. The van der Waals surface area contributed by atoms with Crippen molar-refractivity contribution in [2.75, 3.05) is 7.05 Å². The van der Waals surface area contributed by atoms with Crippen molar-refractivity contribution in [2.45, 2.75) is 4.90 Å². The highest BCUT2D eigenvalue weighted by atomic mass is 32.2. The molecule has 0 radical (unpaired) electrons. The summed E-state index contributed by atoms with van der Waals surface area (Å²) in [6.45, 7) is 0. The van der Waals surface area contributed by atoms with Crippen LogP contribution in [0.1, 0.15) is 0 Å². The number of rotatable bonds is 2. The van der Waals surface area contributed by atoms with E-state index in [0.717, 1.165) is 4.31 Å². The summed E-state index contributed by atoms with van der Waals surface area (Å²) in [5.74, 6) is 0. The zero-order valence-electron chi connectivity index (χ0n) is 7.14. The van der Waals surface area contributed by atoms with E-state index < -0.39 is 10.0 Å². The van der Waals surface area contributed by atoms with Crippen molar-refractivity contribution in [1.29, 1.82) is 0 Å². The summed E-state index contributed by atoms with van der Waals surface area (Å²) >= 11 is 0. The number of hydrogen-bond acceptors (Lipinski definition) is 2. The van der Waals surface area contributed by atoms with E-state index in [9.17, 15) is 8.42 Å². The summed E-state index contributed by atoms with van der Waals surface area (Å²) in [5.41, 5.74) is 0. The van der Waals surface area contributed by atoms with E-state index in [4.69, 9.17) is 6.42 Å². The standard InChI is InChI=1S/C9H9NO2S/c1-3-10(2)13(11,12)9-7-5-4-6-8-9/h1,4-8H,2H3. The summed E-state index contributed by atoms with van der Waals surface area (Å²) in [7, 11) is -2.16. The van der Waals surface area contributed by atoms with E-state index in [1.54, 1.807) is 18.2 Å². The molecule has 0 unspecified atom stereocenters. The SMILES string of the molecule is C#CN(C)S(=O)(=O)c1ccccc1. The maximum atomic E-state index is 11.5. The van der Waals surface area contributed by atoms with Gasteiger partial charge in [0.1, 0.15) is 0 Å². The lowest BCUT2D eigenvalue weighted by Crippen LogP contribution is -2.21. The first-order chi connectivity index (χ1) is 6.09. The zero-order valence-corrected chi connectivity index (χ0v) is 7.95. The molecule has 0 spiro atoms. The van der Waals surface area contributed by atoms with Crippen molar-refractivity contribution >= 4 is 10.0 Å². The van der Waals surface area contributed by atoms with Crippen LogP contribution >= 0.6 is 0 Å². The minimum atomic E-state index is -3.49. The molecule has 0 atom stereocenters. The van der Waals surface area contributed by atoms with Gasteiger partial charge in [-0.2, -0.15) is 0 Å². The Labute approximate surface area is 78.0 Å². The summed E-state index contributed by atoms with van der Waals surface area (Å²) in [4.78, 5) is 0.204. The average molecular weight is 195 g/mol. The predicted octanol–water partition coefficient (Wildman–Crippen LogP) is 0.898. The monoisotopic (exact) mass is 195 g/mol. The quantitative estimate of drug-likeness (QED) is 0.519. The molecule has 0 bridgehead atoms. The Hall–Kier alpha value is -1.47. The molecular weight excluding hydrogens is 186 g/mol. The lowest BCUT2D eigenvalue weighted by molar-refractivity contribution is 0.547. The molecule has 0 amide bonds. The van der Waals surface area contributed by atoms with Gasteiger partial charge in [0.2, 0.25) is 0 Å². The minimum Gasteiger partial charge on any atom is -0.228 e. The van der Waals surface area contributed by atoms with Crippen LogP contribution in [0.5, 0.6) is 0 Å². The third kappa shape index (κ3) is 1.82. The number of benzene rings is 1. The van der Waals surface area contributed by atoms with Crippen LogP contribution in [-0.4, -0.2) is 19.8 Å². The van der Waals surface area contributed by atoms with Crippen LogP contribution in [-0.2, 0) is 10.0 Å². The average Bonchev–Trinajstić information content (AvgIpc) is 2.18. The summed E-state index contributed by atoms with van der Waals surface area (Å²) in [6.07, 6.45) is 4.99. The summed E-state index contributed by atoms with van der Waals surface area (Å²) in [6, 6.07) is 10.1. The molecule has 1 rings (SSSR count). The molecule has 1 aromatic rings. The van der Waals surface area contributed by atoms with E-state index in [1.807, 2.05) is 6.04 Å². The smallest absolute Gasteiger partial charge is 0.228 e. The second-order valence-corrected chi connectivity index (χ2v) is 4.38. The van der Waals surface area contributed by atoms with Crippen LogP contribution in [0, 0.1) is 12.5 Å². The topological polar surface area (TPSA) is 37.4 Å². The number of hydrogen-bond donors (Lipinski definition) is 0. The van der Waals surface area contributed by atoms with Crippen LogP contribution < -0.4 is 0 Å². The van der Waals surface area contributed by atoms with E-state index in [2.05, 4.69) is 0 Å². The van der Waals surface area contributed by atoms with Gasteiger partial charge in [-0.25, -0.2) is 12.7 Å². The van der Waals surface area contributed by atoms with E-state index >= 15 is 0 Å². The second-order valence-electron chi connectivity index (χ2n) is 2.41. The van der Waals surface area contributed by atoms with Crippen LogP contribution in [0.25, 0.3) is 0 Å². The van der Waals surface area contributed by atoms with Gasteiger partial charge in [-0.3, -0.25) is 0 Å².